The van der Waals surface area contributed by atoms with Gasteiger partial charge in [0.2, 0.25) is 0 Å². The lowest BCUT2D eigenvalue weighted by Crippen LogP contribution is -2.02. The van der Waals surface area contributed by atoms with E-state index in [-0.39, 0.29) is 21.2 Å². The quantitative estimate of drug-likeness (QED) is 0.195. The van der Waals surface area contributed by atoms with Crippen LogP contribution in [-0.2, 0) is 0 Å². The second kappa shape index (κ2) is 13.1. The van der Waals surface area contributed by atoms with Gasteiger partial charge in [-0.1, -0.05) is 0 Å². The third kappa shape index (κ3) is 6.52. The lowest BCUT2D eigenvalue weighted by Gasteiger charge is -2.15. The predicted octanol–water partition coefficient (Wildman–Crippen LogP) is 9.08. The summed E-state index contributed by atoms with van der Waals surface area (Å²) in [5.74, 6) is 0. The largest absolute Gasteiger partial charge is 0.398 e. The van der Waals surface area contributed by atoms with E-state index in [4.69, 9.17) is 5.73 Å². The molecule has 0 spiro atoms. The van der Waals surface area contributed by atoms with E-state index in [2.05, 4.69) is 34.6 Å². The first kappa shape index (κ1) is 34.3. The van der Waals surface area contributed by atoms with E-state index in [1.165, 1.54) is 27.8 Å². The smallest absolute Gasteiger partial charge is 0.275 e. The van der Waals surface area contributed by atoms with Crippen LogP contribution in [0.25, 0.3) is 0 Å². The van der Waals surface area contributed by atoms with Crippen molar-refractivity contribution in [2.45, 2.75) is 104 Å². The Morgan fingerprint density at radius 1 is 0.350 bits per heavy atom. The van der Waals surface area contributed by atoms with Crippen molar-refractivity contribution in [2.75, 3.05) is 5.73 Å². The Kier molecular flexibility index (Phi) is 11.2. The summed E-state index contributed by atoms with van der Waals surface area (Å²) in [6.45, 7) is 29.6. The highest BCUT2D eigenvalue weighted by Crippen LogP contribution is 2.32. The van der Waals surface area contributed by atoms with Crippen molar-refractivity contribution in [2.24, 2.45) is 0 Å². The molecule has 0 aromatic heterocycles. The molecule has 0 saturated heterocycles. The van der Waals surface area contributed by atoms with Crippen molar-refractivity contribution in [3.63, 3.8) is 0 Å². The predicted molar refractivity (Wildman–Crippen MR) is 168 cm³/mol. The molecule has 2 N–H and O–H groups in total. The first-order valence-corrected chi connectivity index (χ1v) is 13.5. The lowest BCUT2D eigenvalue weighted by atomic mass is 9.93. The minimum atomic E-state index is -0.288. The average Bonchev–Trinajstić information content (AvgIpc) is 2.90. The molecule has 0 saturated carbocycles. The van der Waals surface area contributed by atoms with Gasteiger partial charge in [0, 0.05) is 27.9 Å². The number of nitrogens with two attached hydrogens (primary N) is 1. The minimum Gasteiger partial charge on any atom is -0.398 e. The molecule has 0 aliphatic heterocycles. The van der Waals surface area contributed by atoms with Crippen molar-refractivity contribution < 1.29 is 9.85 Å². The van der Waals surface area contributed by atoms with Crippen LogP contribution >= 0.6 is 0 Å². The van der Waals surface area contributed by atoms with Gasteiger partial charge in [0.25, 0.3) is 11.4 Å². The Morgan fingerprint density at radius 2 is 0.500 bits per heavy atom. The van der Waals surface area contributed by atoms with Crippen LogP contribution in [0.4, 0.5) is 17.1 Å². The van der Waals surface area contributed by atoms with Crippen molar-refractivity contribution in [1.82, 2.24) is 0 Å². The molecule has 0 bridgehead atoms. The van der Waals surface area contributed by atoms with Crippen molar-refractivity contribution in [3.8, 4) is 0 Å². The lowest BCUT2D eigenvalue weighted by molar-refractivity contribution is -0.386. The number of anilines is 1. The van der Waals surface area contributed by atoms with Gasteiger partial charge in [-0.15, -0.1) is 0 Å². The number of hydrogen-bond acceptors (Lipinski definition) is 5. The molecule has 7 nitrogen and oxygen atoms in total. The molecule has 0 heterocycles. The third-order valence-corrected chi connectivity index (χ3v) is 9.34. The molecule has 3 rings (SSSR count). The van der Waals surface area contributed by atoms with E-state index in [1.807, 2.05) is 69.2 Å². The van der Waals surface area contributed by atoms with Crippen LogP contribution in [0.5, 0.6) is 0 Å². The Balaban J connectivity index is 0.000000301. The maximum atomic E-state index is 10.9. The summed E-state index contributed by atoms with van der Waals surface area (Å²) in [5, 5.41) is 21.7. The van der Waals surface area contributed by atoms with Crippen molar-refractivity contribution in [1.29, 1.82) is 0 Å². The van der Waals surface area contributed by atoms with Crippen LogP contribution in [0.3, 0.4) is 0 Å². The fourth-order valence-electron chi connectivity index (χ4n) is 5.04. The van der Waals surface area contributed by atoms with E-state index >= 15 is 0 Å². The van der Waals surface area contributed by atoms with Gasteiger partial charge in [-0.3, -0.25) is 20.2 Å². The standard InChI is InChI=1S/2C11H15NO2.C11H17N/c2*1-6-7(2)9(4)11(12(13)14)10(5)8(6)3;1-6-7(2)9(4)11(12)10(5)8(6)3/h2*1-5H3;12H2,1-5H3. The van der Waals surface area contributed by atoms with E-state index in [0.29, 0.717) is 0 Å². The zero-order valence-electron chi connectivity index (χ0n) is 27.1. The first-order chi connectivity index (χ1) is 18.2. The first-order valence-electron chi connectivity index (χ1n) is 13.5. The van der Waals surface area contributed by atoms with Gasteiger partial charge in [-0.2, -0.15) is 0 Å². The third-order valence-electron chi connectivity index (χ3n) is 9.34. The molecule has 40 heavy (non-hydrogen) atoms. The maximum absolute atomic E-state index is 10.9. The Labute approximate surface area is 240 Å². The zero-order chi connectivity index (χ0) is 31.5. The molecule has 0 fully saturated rings. The molecule has 0 aliphatic rings. The maximum Gasteiger partial charge on any atom is 0.275 e. The number of rotatable bonds is 2. The Bertz CT molecular complexity index is 1260. The second-order valence-corrected chi connectivity index (χ2v) is 11.0. The van der Waals surface area contributed by atoms with Crippen LogP contribution in [0.1, 0.15) is 83.5 Å². The minimum absolute atomic E-state index is 0.269. The number of benzene rings is 3. The van der Waals surface area contributed by atoms with Gasteiger partial charge in [-0.05, 0) is 165 Å². The topological polar surface area (TPSA) is 112 Å². The number of nitrogen functional groups attached to an aromatic ring is 1. The molecule has 0 aliphatic carbocycles. The van der Waals surface area contributed by atoms with Gasteiger partial charge in [0.05, 0.1) is 9.85 Å². The molecule has 0 atom stereocenters. The monoisotopic (exact) mass is 549 g/mol. The van der Waals surface area contributed by atoms with Gasteiger partial charge < -0.3 is 5.73 Å². The Hall–Kier alpha value is -3.74. The summed E-state index contributed by atoms with van der Waals surface area (Å²) in [5.41, 5.74) is 23.5. The molecular weight excluding hydrogens is 502 g/mol. The summed E-state index contributed by atoms with van der Waals surface area (Å²) in [4.78, 5) is 21.2. The number of nitro benzene ring substituents is 2. The van der Waals surface area contributed by atoms with Crippen LogP contribution in [0, 0.1) is 124 Å². The van der Waals surface area contributed by atoms with Crippen LogP contribution in [0.15, 0.2) is 0 Å². The second-order valence-electron chi connectivity index (χ2n) is 11.0. The summed E-state index contributed by atoms with van der Waals surface area (Å²) in [7, 11) is 0. The van der Waals surface area contributed by atoms with E-state index < -0.39 is 0 Å². The molecule has 0 radical (unpaired) electrons. The SMILES string of the molecule is Cc1c(C)c(C)c(N)c(C)c1C.Cc1c(C)c(C)c([N+](=O)[O-])c(C)c1C.Cc1c(C)c(C)c([N+](=O)[O-])c(C)c1C. The highest BCUT2D eigenvalue weighted by atomic mass is 16.6. The normalized spacial score (nSPS) is 10.4. The van der Waals surface area contributed by atoms with E-state index in [0.717, 1.165) is 61.3 Å². The summed E-state index contributed by atoms with van der Waals surface area (Å²) < 4.78 is 0. The van der Waals surface area contributed by atoms with Gasteiger partial charge >= 0.3 is 0 Å². The number of nitro groups is 2. The Morgan fingerprint density at radius 3 is 0.675 bits per heavy atom. The van der Waals surface area contributed by atoms with Crippen LogP contribution in [-0.4, -0.2) is 9.85 Å². The van der Waals surface area contributed by atoms with Crippen LogP contribution in [0.2, 0.25) is 0 Å². The number of hydrogen-bond donors (Lipinski definition) is 1. The van der Waals surface area contributed by atoms with Crippen molar-refractivity contribution >= 4 is 17.1 Å². The molecule has 0 unspecified atom stereocenters. The molecule has 3 aromatic rings. The van der Waals surface area contributed by atoms with Crippen LogP contribution < -0.4 is 5.73 Å². The van der Waals surface area contributed by atoms with E-state index in [1.54, 1.807) is 0 Å². The fraction of sp³-hybridized carbons (Fsp3) is 0.455. The highest BCUT2D eigenvalue weighted by molar-refractivity contribution is 5.62. The molecule has 0 amide bonds. The number of nitrogens with zero attached hydrogens (tertiary/aromatic N) is 2. The molecule has 218 valence electrons. The molecule has 7 heteroatoms. The average molecular weight is 550 g/mol. The fourth-order valence-corrected chi connectivity index (χ4v) is 5.04. The van der Waals surface area contributed by atoms with Crippen molar-refractivity contribution in [3.05, 3.63) is 104 Å². The summed E-state index contributed by atoms with van der Waals surface area (Å²) in [6, 6.07) is 0. The van der Waals surface area contributed by atoms with Gasteiger partial charge in [-0.25, -0.2) is 0 Å². The van der Waals surface area contributed by atoms with E-state index in [9.17, 15) is 20.2 Å². The summed E-state index contributed by atoms with van der Waals surface area (Å²) in [6.07, 6.45) is 0. The zero-order valence-corrected chi connectivity index (χ0v) is 27.1. The highest BCUT2D eigenvalue weighted by Gasteiger charge is 2.21. The molecular formula is C33H47N3O4. The van der Waals surface area contributed by atoms with Gasteiger partial charge in [0.15, 0.2) is 0 Å². The summed E-state index contributed by atoms with van der Waals surface area (Å²) >= 11 is 0. The van der Waals surface area contributed by atoms with Gasteiger partial charge in [0.1, 0.15) is 0 Å². The molecule has 3 aromatic carbocycles.